The highest BCUT2D eigenvalue weighted by Crippen LogP contribution is 2.40. The molecule has 0 saturated carbocycles. The van der Waals surface area contributed by atoms with E-state index in [0.717, 1.165) is 27.5 Å². The first-order valence-electron chi connectivity index (χ1n) is 14.5. The molecule has 0 unspecified atom stereocenters. The second-order valence-electron chi connectivity index (χ2n) is 10.9. The number of nitrogens with zero attached hydrogens (tertiary/aromatic N) is 1. The number of fused-ring (bicyclic) bond motifs is 5. The first kappa shape index (κ1) is 25.1. The first-order chi connectivity index (χ1) is 21.2. The molecule has 1 aromatic heterocycles. The first-order valence-corrected chi connectivity index (χ1v) is 14.5. The van der Waals surface area contributed by atoms with Gasteiger partial charge in [0.25, 0.3) is 0 Å². The van der Waals surface area contributed by atoms with Crippen molar-refractivity contribution < 1.29 is 4.39 Å². The lowest BCUT2D eigenvalue weighted by Gasteiger charge is -2.15. The van der Waals surface area contributed by atoms with Crippen LogP contribution in [0.2, 0.25) is 0 Å². The fraction of sp³-hybridized carbons (Fsp3) is 0. The molecule has 8 aromatic rings. The van der Waals surface area contributed by atoms with Gasteiger partial charge >= 0.3 is 0 Å². The van der Waals surface area contributed by atoms with E-state index in [-0.39, 0.29) is 5.82 Å². The summed E-state index contributed by atoms with van der Waals surface area (Å²) < 4.78 is 13.8. The second-order valence-corrected chi connectivity index (χ2v) is 10.9. The van der Waals surface area contributed by atoms with Crippen molar-refractivity contribution in [3.05, 3.63) is 164 Å². The number of para-hydroxylation sites is 1. The van der Waals surface area contributed by atoms with Crippen LogP contribution >= 0.6 is 0 Å². The molecule has 202 valence electrons. The average molecular weight is 552 g/mol. The van der Waals surface area contributed by atoms with Crippen LogP contribution in [0.25, 0.3) is 77.1 Å². The summed E-state index contributed by atoms with van der Waals surface area (Å²) in [6, 6.07) is 53.9. The molecule has 0 saturated heterocycles. The number of pyridine rings is 1. The predicted molar refractivity (Wildman–Crippen MR) is 178 cm³/mol. The van der Waals surface area contributed by atoms with Crippen LogP contribution in [-0.4, -0.2) is 4.98 Å². The Bertz CT molecular complexity index is 2250. The third-order valence-electron chi connectivity index (χ3n) is 8.36. The molecule has 0 spiro atoms. The van der Waals surface area contributed by atoms with Crippen molar-refractivity contribution in [1.82, 2.24) is 4.98 Å². The van der Waals surface area contributed by atoms with Gasteiger partial charge in [-0.3, -0.25) is 0 Å². The topological polar surface area (TPSA) is 12.9 Å². The summed E-state index contributed by atoms with van der Waals surface area (Å²) in [7, 11) is 0. The third-order valence-corrected chi connectivity index (χ3v) is 8.36. The molecule has 1 heterocycles. The maximum absolute atomic E-state index is 13.8. The highest BCUT2D eigenvalue weighted by Gasteiger charge is 2.15. The lowest BCUT2D eigenvalue weighted by molar-refractivity contribution is 0.628. The normalized spacial score (nSPS) is 11.4. The molecule has 0 amide bonds. The van der Waals surface area contributed by atoms with Crippen LogP contribution in [0, 0.1) is 5.82 Å². The molecule has 2 heteroatoms. The minimum Gasteiger partial charge on any atom is -0.247 e. The molecule has 1 nitrogen and oxygen atoms in total. The molecule has 0 fully saturated rings. The highest BCUT2D eigenvalue weighted by atomic mass is 19.1. The zero-order valence-electron chi connectivity index (χ0n) is 23.3. The summed E-state index contributed by atoms with van der Waals surface area (Å²) >= 11 is 0. The van der Waals surface area contributed by atoms with Gasteiger partial charge in [0, 0.05) is 21.7 Å². The molecule has 7 aromatic carbocycles. The summed E-state index contributed by atoms with van der Waals surface area (Å²) in [5, 5.41) is 5.71. The summed E-state index contributed by atoms with van der Waals surface area (Å²) in [6.45, 7) is 0. The largest absolute Gasteiger partial charge is 0.247 e. The van der Waals surface area contributed by atoms with Gasteiger partial charge in [-0.1, -0.05) is 127 Å². The van der Waals surface area contributed by atoms with Crippen LogP contribution in [0.4, 0.5) is 4.39 Å². The molecular formula is C41H26FN. The van der Waals surface area contributed by atoms with E-state index in [0.29, 0.717) is 0 Å². The molecule has 0 aliphatic carbocycles. The lowest BCUT2D eigenvalue weighted by Crippen LogP contribution is -1.92. The van der Waals surface area contributed by atoms with Crippen LogP contribution in [0.5, 0.6) is 0 Å². The molecule has 8 rings (SSSR count). The van der Waals surface area contributed by atoms with E-state index in [9.17, 15) is 4.39 Å². The molecule has 0 aliphatic heterocycles. The average Bonchev–Trinajstić information content (AvgIpc) is 3.08. The Hall–Kier alpha value is -5.60. The summed E-state index contributed by atoms with van der Waals surface area (Å²) in [6.07, 6.45) is 0. The molecule has 0 bridgehead atoms. The number of benzene rings is 7. The van der Waals surface area contributed by atoms with Gasteiger partial charge in [0.15, 0.2) is 0 Å². The Labute approximate surface area is 249 Å². The Balaban J connectivity index is 1.24. The Kier molecular flexibility index (Phi) is 6.05. The summed E-state index contributed by atoms with van der Waals surface area (Å²) in [5.41, 5.74) is 9.88. The van der Waals surface area contributed by atoms with Crippen LogP contribution < -0.4 is 0 Å². The van der Waals surface area contributed by atoms with E-state index in [2.05, 4.69) is 121 Å². The Morgan fingerprint density at radius 3 is 1.58 bits per heavy atom. The van der Waals surface area contributed by atoms with Crippen LogP contribution in [0.15, 0.2) is 158 Å². The minimum atomic E-state index is -0.251. The number of halogens is 1. The fourth-order valence-corrected chi connectivity index (χ4v) is 6.22. The standard InChI is InChI=1S/C41H26FN/c42-33-23-21-32(22-24-33)41-38-26-25-35-34(10-6-11-36(35)40(38)37-9-4-5-12-39(37)43-41)31-19-17-30(18-20-31)29-15-13-28(14-16-29)27-7-2-1-3-8-27/h1-26H. The number of rotatable bonds is 4. The molecule has 0 radical (unpaired) electrons. The van der Waals surface area contributed by atoms with Crippen molar-refractivity contribution in [3.8, 4) is 44.6 Å². The van der Waals surface area contributed by atoms with Crippen LogP contribution in [-0.2, 0) is 0 Å². The molecular weight excluding hydrogens is 525 g/mol. The molecule has 0 N–H and O–H groups in total. The maximum atomic E-state index is 13.8. The molecule has 0 atom stereocenters. The minimum absolute atomic E-state index is 0.251. The van der Waals surface area contributed by atoms with Crippen molar-refractivity contribution >= 4 is 32.4 Å². The van der Waals surface area contributed by atoms with Crippen molar-refractivity contribution in [2.45, 2.75) is 0 Å². The van der Waals surface area contributed by atoms with Gasteiger partial charge in [0.05, 0.1) is 11.2 Å². The highest BCUT2D eigenvalue weighted by molar-refractivity contribution is 6.24. The second kappa shape index (κ2) is 10.3. The zero-order valence-corrected chi connectivity index (χ0v) is 23.3. The summed E-state index contributed by atoms with van der Waals surface area (Å²) in [5.74, 6) is -0.251. The van der Waals surface area contributed by atoms with Gasteiger partial charge in [-0.2, -0.15) is 0 Å². The van der Waals surface area contributed by atoms with Crippen molar-refractivity contribution in [3.63, 3.8) is 0 Å². The smallest absolute Gasteiger partial charge is 0.123 e. The third kappa shape index (κ3) is 4.45. The Morgan fingerprint density at radius 1 is 0.349 bits per heavy atom. The SMILES string of the molecule is Fc1ccc(-c2nc3ccccc3c3c2ccc2c(-c4ccc(-c5ccc(-c6ccccc6)cc5)cc4)cccc23)cc1. The zero-order chi connectivity index (χ0) is 28.8. The van der Waals surface area contributed by atoms with E-state index in [4.69, 9.17) is 4.98 Å². The predicted octanol–water partition coefficient (Wildman–Crippen LogP) is 11.3. The van der Waals surface area contributed by atoms with Crippen LogP contribution in [0.3, 0.4) is 0 Å². The van der Waals surface area contributed by atoms with Gasteiger partial charge in [0.1, 0.15) is 5.82 Å². The Morgan fingerprint density at radius 2 is 0.884 bits per heavy atom. The van der Waals surface area contributed by atoms with E-state index in [1.165, 1.54) is 61.7 Å². The van der Waals surface area contributed by atoms with Gasteiger partial charge in [0.2, 0.25) is 0 Å². The van der Waals surface area contributed by atoms with Gasteiger partial charge in [-0.15, -0.1) is 0 Å². The summed E-state index contributed by atoms with van der Waals surface area (Å²) in [4.78, 5) is 5.03. The monoisotopic (exact) mass is 551 g/mol. The number of hydrogen-bond donors (Lipinski definition) is 0. The van der Waals surface area contributed by atoms with E-state index in [1.807, 2.05) is 24.3 Å². The van der Waals surface area contributed by atoms with Gasteiger partial charge < -0.3 is 0 Å². The fourth-order valence-electron chi connectivity index (χ4n) is 6.22. The van der Waals surface area contributed by atoms with Crippen LogP contribution in [0.1, 0.15) is 0 Å². The number of hydrogen-bond acceptors (Lipinski definition) is 1. The van der Waals surface area contributed by atoms with E-state index in [1.54, 1.807) is 0 Å². The van der Waals surface area contributed by atoms with E-state index >= 15 is 0 Å². The van der Waals surface area contributed by atoms with Crippen molar-refractivity contribution in [1.29, 1.82) is 0 Å². The molecule has 0 aliphatic rings. The quantitative estimate of drug-likeness (QED) is 0.198. The van der Waals surface area contributed by atoms with Crippen molar-refractivity contribution in [2.75, 3.05) is 0 Å². The number of aromatic nitrogens is 1. The maximum Gasteiger partial charge on any atom is 0.123 e. The van der Waals surface area contributed by atoms with Gasteiger partial charge in [-0.05, 0) is 74.5 Å². The van der Waals surface area contributed by atoms with Gasteiger partial charge in [-0.25, -0.2) is 9.37 Å². The van der Waals surface area contributed by atoms with Crippen molar-refractivity contribution in [2.24, 2.45) is 0 Å². The molecule has 43 heavy (non-hydrogen) atoms. The lowest BCUT2D eigenvalue weighted by atomic mass is 9.91. The van der Waals surface area contributed by atoms with E-state index < -0.39 is 0 Å².